The summed E-state index contributed by atoms with van der Waals surface area (Å²) in [5, 5.41) is 5.99. The number of hydrogen-bond acceptors (Lipinski definition) is 2. The van der Waals surface area contributed by atoms with Crippen molar-refractivity contribution >= 4 is 38.5 Å². The maximum Gasteiger partial charge on any atom is 0.109 e. The van der Waals surface area contributed by atoms with Gasteiger partial charge in [-0.05, 0) is 34.7 Å². The fraction of sp³-hybridized carbons (Fsp3) is 0. The Kier molecular flexibility index (Phi) is 5.42. The number of thiophene rings is 1. The Bertz CT molecular complexity index is 1530. The standard InChI is InChI=1S/C32H23NS/c1-4-13-25(14-5-1)29-23-34-32(31(29)26-16-6-2-7-17-26)33(27-19-8-3-9-20-27)30-22-12-18-24-15-10-11-21-28(24)30/h1-23H. The van der Waals surface area contributed by atoms with Crippen LogP contribution in [0.25, 0.3) is 33.0 Å². The van der Waals surface area contributed by atoms with Crippen molar-refractivity contribution in [2.75, 3.05) is 4.90 Å². The first-order valence-corrected chi connectivity index (χ1v) is 12.3. The highest BCUT2D eigenvalue weighted by atomic mass is 32.1. The lowest BCUT2D eigenvalue weighted by molar-refractivity contribution is 1.33. The van der Waals surface area contributed by atoms with Crippen molar-refractivity contribution < 1.29 is 0 Å². The summed E-state index contributed by atoms with van der Waals surface area (Å²) in [7, 11) is 0. The lowest BCUT2D eigenvalue weighted by atomic mass is 9.97. The minimum Gasteiger partial charge on any atom is -0.301 e. The molecule has 6 rings (SSSR count). The molecule has 0 saturated heterocycles. The normalized spacial score (nSPS) is 10.9. The fourth-order valence-corrected chi connectivity index (χ4v) is 5.71. The van der Waals surface area contributed by atoms with E-state index in [1.54, 1.807) is 11.3 Å². The average Bonchev–Trinajstić information content (AvgIpc) is 3.35. The zero-order valence-corrected chi connectivity index (χ0v) is 19.5. The van der Waals surface area contributed by atoms with Gasteiger partial charge in [-0.25, -0.2) is 0 Å². The molecule has 0 saturated carbocycles. The van der Waals surface area contributed by atoms with E-state index in [2.05, 4.69) is 144 Å². The maximum absolute atomic E-state index is 2.42. The Morgan fingerprint density at radius 2 is 1.09 bits per heavy atom. The van der Waals surface area contributed by atoms with Crippen molar-refractivity contribution in [2.24, 2.45) is 0 Å². The van der Waals surface area contributed by atoms with E-state index in [0.717, 1.165) is 5.69 Å². The molecule has 1 aromatic heterocycles. The number of para-hydroxylation sites is 1. The summed E-state index contributed by atoms with van der Waals surface area (Å²) in [6, 6.07) is 47.3. The van der Waals surface area contributed by atoms with E-state index in [9.17, 15) is 0 Å². The molecule has 0 spiro atoms. The van der Waals surface area contributed by atoms with E-state index in [1.807, 2.05) is 0 Å². The van der Waals surface area contributed by atoms with E-state index in [1.165, 1.54) is 43.7 Å². The van der Waals surface area contributed by atoms with Crippen molar-refractivity contribution in [3.8, 4) is 22.3 Å². The molecule has 0 bridgehead atoms. The Balaban J connectivity index is 1.67. The summed E-state index contributed by atoms with van der Waals surface area (Å²) in [5.41, 5.74) is 7.30. The van der Waals surface area contributed by atoms with Crippen LogP contribution in [0.3, 0.4) is 0 Å². The highest BCUT2D eigenvalue weighted by Gasteiger charge is 2.23. The van der Waals surface area contributed by atoms with Gasteiger partial charge in [-0.3, -0.25) is 0 Å². The SMILES string of the molecule is c1ccc(-c2csc(N(c3ccccc3)c3cccc4ccccc34)c2-c2ccccc2)cc1. The van der Waals surface area contributed by atoms with Gasteiger partial charge < -0.3 is 4.90 Å². The van der Waals surface area contributed by atoms with Crippen LogP contribution < -0.4 is 4.90 Å². The lowest BCUT2D eigenvalue weighted by Gasteiger charge is -2.27. The van der Waals surface area contributed by atoms with E-state index < -0.39 is 0 Å². The zero-order chi connectivity index (χ0) is 22.7. The van der Waals surface area contributed by atoms with Crippen LogP contribution in [0.4, 0.5) is 16.4 Å². The third-order valence-electron chi connectivity index (χ3n) is 6.14. The van der Waals surface area contributed by atoms with Crippen LogP contribution in [0.1, 0.15) is 0 Å². The Hall–Kier alpha value is -4.14. The second-order valence-electron chi connectivity index (χ2n) is 8.23. The second kappa shape index (κ2) is 9.01. The lowest BCUT2D eigenvalue weighted by Crippen LogP contribution is -2.10. The largest absolute Gasteiger partial charge is 0.301 e. The van der Waals surface area contributed by atoms with Crippen LogP contribution in [-0.4, -0.2) is 0 Å². The van der Waals surface area contributed by atoms with Crippen LogP contribution in [0.5, 0.6) is 0 Å². The number of anilines is 3. The van der Waals surface area contributed by atoms with Crippen molar-refractivity contribution in [1.29, 1.82) is 0 Å². The van der Waals surface area contributed by atoms with Crippen molar-refractivity contribution in [3.63, 3.8) is 0 Å². The van der Waals surface area contributed by atoms with Gasteiger partial charge in [-0.15, -0.1) is 11.3 Å². The first-order chi connectivity index (χ1) is 16.9. The molecule has 1 nitrogen and oxygen atoms in total. The van der Waals surface area contributed by atoms with E-state index >= 15 is 0 Å². The Labute approximate surface area is 204 Å². The van der Waals surface area contributed by atoms with Gasteiger partial charge in [-0.1, -0.05) is 115 Å². The van der Waals surface area contributed by atoms with Gasteiger partial charge in [-0.2, -0.15) is 0 Å². The molecule has 0 aliphatic heterocycles. The predicted octanol–water partition coefficient (Wildman–Crippen LogP) is 9.71. The molecule has 0 unspecified atom stereocenters. The van der Waals surface area contributed by atoms with Gasteiger partial charge in [0.05, 0.1) is 5.69 Å². The van der Waals surface area contributed by atoms with Gasteiger partial charge >= 0.3 is 0 Å². The number of rotatable bonds is 5. The summed E-state index contributed by atoms with van der Waals surface area (Å²) in [6.45, 7) is 0. The molecule has 1 heterocycles. The number of benzene rings is 5. The smallest absolute Gasteiger partial charge is 0.109 e. The maximum atomic E-state index is 2.42. The van der Waals surface area contributed by atoms with Gasteiger partial charge in [0, 0.05) is 27.6 Å². The third kappa shape index (κ3) is 3.68. The van der Waals surface area contributed by atoms with Gasteiger partial charge in [0.15, 0.2) is 0 Å². The minimum atomic E-state index is 1.15. The number of hydrogen-bond donors (Lipinski definition) is 0. The molecule has 5 aromatic carbocycles. The van der Waals surface area contributed by atoms with E-state index in [-0.39, 0.29) is 0 Å². The molecular formula is C32H23NS. The van der Waals surface area contributed by atoms with Crippen LogP contribution in [0.15, 0.2) is 139 Å². The van der Waals surface area contributed by atoms with Crippen molar-refractivity contribution in [2.45, 2.75) is 0 Å². The first kappa shape index (κ1) is 20.5. The Morgan fingerprint density at radius 1 is 0.500 bits per heavy atom. The zero-order valence-electron chi connectivity index (χ0n) is 18.6. The highest BCUT2D eigenvalue weighted by Crippen LogP contribution is 2.50. The summed E-state index contributed by atoms with van der Waals surface area (Å²) in [6.07, 6.45) is 0. The summed E-state index contributed by atoms with van der Waals surface area (Å²) < 4.78 is 0. The number of fused-ring (bicyclic) bond motifs is 1. The van der Waals surface area contributed by atoms with Crippen LogP contribution in [-0.2, 0) is 0 Å². The van der Waals surface area contributed by atoms with Crippen LogP contribution in [0.2, 0.25) is 0 Å². The predicted molar refractivity (Wildman–Crippen MR) is 147 cm³/mol. The summed E-state index contributed by atoms with van der Waals surface area (Å²) in [5.74, 6) is 0. The summed E-state index contributed by atoms with van der Waals surface area (Å²) >= 11 is 1.80. The summed E-state index contributed by atoms with van der Waals surface area (Å²) in [4.78, 5) is 2.42. The number of nitrogens with zero attached hydrogens (tertiary/aromatic N) is 1. The molecule has 0 aliphatic rings. The molecule has 0 N–H and O–H groups in total. The molecule has 0 aliphatic carbocycles. The quantitative estimate of drug-likeness (QED) is 0.251. The molecule has 6 aromatic rings. The topological polar surface area (TPSA) is 3.24 Å². The van der Waals surface area contributed by atoms with Crippen molar-refractivity contribution in [1.82, 2.24) is 0 Å². The second-order valence-corrected chi connectivity index (χ2v) is 9.09. The monoisotopic (exact) mass is 453 g/mol. The van der Waals surface area contributed by atoms with Crippen LogP contribution in [0, 0.1) is 0 Å². The molecule has 162 valence electrons. The molecule has 2 heteroatoms. The molecular weight excluding hydrogens is 430 g/mol. The molecule has 0 amide bonds. The molecule has 0 fully saturated rings. The molecule has 0 atom stereocenters. The fourth-order valence-electron chi connectivity index (χ4n) is 4.57. The Morgan fingerprint density at radius 3 is 1.82 bits per heavy atom. The van der Waals surface area contributed by atoms with Gasteiger partial charge in [0.2, 0.25) is 0 Å². The molecule has 0 radical (unpaired) electrons. The molecule has 34 heavy (non-hydrogen) atoms. The third-order valence-corrected chi connectivity index (χ3v) is 7.11. The van der Waals surface area contributed by atoms with Gasteiger partial charge in [0.25, 0.3) is 0 Å². The first-order valence-electron chi connectivity index (χ1n) is 11.5. The average molecular weight is 454 g/mol. The van der Waals surface area contributed by atoms with Gasteiger partial charge in [0.1, 0.15) is 5.00 Å². The van der Waals surface area contributed by atoms with Crippen molar-refractivity contribution in [3.05, 3.63) is 139 Å². The minimum absolute atomic E-state index is 1.15. The highest BCUT2D eigenvalue weighted by molar-refractivity contribution is 7.15. The van der Waals surface area contributed by atoms with E-state index in [4.69, 9.17) is 0 Å². The van der Waals surface area contributed by atoms with Crippen LogP contribution >= 0.6 is 11.3 Å². The van der Waals surface area contributed by atoms with E-state index in [0.29, 0.717) is 0 Å².